The topological polar surface area (TPSA) is 118 Å². The van der Waals surface area contributed by atoms with Gasteiger partial charge in [-0.15, -0.1) is 0 Å². The summed E-state index contributed by atoms with van der Waals surface area (Å²) < 4.78 is 46.7. The molecule has 10 aromatic rings. The third-order valence-electron chi connectivity index (χ3n) is 15.9. The van der Waals surface area contributed by atoms with Gasteiger partial charge in [0.05, 0.1) is 17.0 Å². The lowest BCUT2D eigenvalue weighted by molar-refractivity contribution is -0.342. The molecule has 1 aliphatic heterocycles. The summed E-state index contributed by atoms with van der Waals surface area (Å²) in [5.74, 6) is -0.00643. The molecule has 376 valence electrons. The second kappa shape index (κ2) is 19.0. The zero-order valence-corrected chi connectivity index (χ0v) is 42.9. The molecule has 0 atom stereocenters. The summed E-state index contributed by atoms with van der Waals surface area (Å²) in [6, 6.07) is 42.3. The van der Waals surface area contributed by atoms with Crippen LogP contribution < -0.4 is 15.9 Å². The predicted octanol–water partition coefficient (Wildman–Crippen LogP) is 12.9. The Bertz CT molecular complexity index is 4240. The van der Waals surface area contributed by atoms with Crippen LogP contribution in [-0.2, 0) is 30.5 Å². The van der Waals surface area contributed by atoms with Crippen LogP contribution >= 0.6 is 0 Å². The number of nitrogens with zero attached hydrogens (tertiary/aromatic N) is 2. The van der Waals surface area contributed by atoms with Crippen molar-refractivity contribution in [1.29, 1.82) is 0 Å². The van der Waals surface area contributed by atoms with Crippen LogP contribution in [0.3, 0.4) is 0 Å². The third kappa shape index (κ3) is 7.68. The van der Waals surface area contributed by atoms with Crippen LogP contribution in [0.15, 0.2) is 164 Å². The summed E-state index contributed by atoms with van der Waals surface area (Å²) in [6.07, 6.45) is 4.36. The minimum Gasteiger partial charge on any atom is -0.456 e. The number of carbonyl (C=O) groups is 1. The van der Waals surface area contributed by atoms with Crippen molar-refractivity contribution >= 4 is 68.1 Å². The first-order valence-electron chi connectivity index (χ1n) is 25.8. The van der Waals surface area contributed by atoms with Gasteiger partial charge in [0.25, 0.3) is 11.1 Å². The Morgan fingerprint density at radius 3 is 2.07 bits per heavy atom. The van der Waals surface area contributed by atoms with Crippen LogP contribution in [0.5, 0.6) is 5.75 Å². The van der Waals surface area contributed by atoms with Gasteiger partial charge in [-0.3, -0.25) is 14.4 Å². The first-order valence-corrected chi connectivity index (χ1v) is 25.8. The maximum atomic E-state index is 16.0. The molecule has 0 unspecified atom stereocenters. The number of ether oxygens (including phenoxy) is 1. The number of hydrogen-bond donors (Lipinski definition) is 2. The highest BCUT2D eigenvalue weighted by atomic mass is 19.2. The maximum Gasteiger partial charge on any atom is 0.935 e. The van der Waals surface area contributed by atoms with E-state index in [1.54, 1.807) is 30.3 Å². The summed E-state index contributed by atoms with van der Waals surface area (Å²) in [4.78, 5) is 45.5. The maximum absolute atomic E-state index is 16.0. The van der Waals surface area contributed by atoms with Gasteiger partial charge < -0.3 is 19.2 Å². The molecule has 76 heavy (non-hydrogen) atoms. The van der Waals surface area contributed by atoms with Gasteiger partial charge in [-0.05, 0) is 171 Å². The summed E-state index contributed by atoms with van der Waals surface area (Å²) in [5, 5.41) is 11.1. The van der Waals surface area contributed by atoms with Crippen molar-refractivity contribution in [2.75, 3.05) is 7.11 Å². The van der Waals surface area contributed by atoms with Crippen molar-refractivity contribution in [3.63, 3.8) is 0 Å². The molecular formula is C64H53BF2N3O6+. The second-order valence-electron chi connectivity index (χ2n) is 20.1. The molecule has 0 fully saturated rings. The van der Waals surface area contributed by atoms with E-state index in [0.29, 0.717) is 69.4 Å². The molecule has 0 saturated heterocycles. The average Bonchev–Trinajstić information content (AvgIpc) is 4.05. The summed E-state index contributed by atoms with van der Waals surface area (Å²) >= 11 is 0. The number of aryl methyl sites for hydroxylation is 5. The number of aromatic amines is 1. The second-order valence-corrected chi connectivity index (χ2v) is 20.1. The summed E-state index contributed by atoms with van der Waals surface area (Å²) in [6.45, 7) is 8.00. The fourth-order valence-electron chi connectivity index (χ4n) is 12.5. The Morgan fingerprint density at radius 1 is 0.711 bits per heavy atom. The Balaban J connectivity index is 0.00000288. The molecule has 3 aromatic heterocycles. The van der Waals surface area contributed by atoms with Crippen molar-refractivity contribution < 1.29 is 32.2 Å². The lowest BCUT2D eigenvalue weighted by atomic mass is 9.84. The molecule has 13 rings (SSSR count). The van der Waals surface area contributed by atoms with E-state index in [2.05, 4.69) is 30.1 Å². The minimum absolute atomic E-state index is 0.143. The highest BCUT2D eigenvalue weighted by Crippen LogP contribution is 2.47. The number of aliphatic hydroxyl groups excluding tert-OH is 1. The molecule has 0 amide bonds. The molecule has 2 N–H and O–H groups in total. The first-order chi connectivity index (χ1) is 36.9. The quantitative estimate of drug-likeness (QED) is 0.0489. The number of para-hydroxylation sites is 1. The number of aliphatic hydroxyl groups is 1. The Kier molecular flexibility index (Phi) is 12.1. The number of esters is 1. The van der Waals surface area contributed by atoms with Crippen molar-refractivity contribution in [3.05, 3.63) is 227 Å². The fourth-order valence-corrected chi connectivity index (χ4v) is 12.5. The number of carbonyl (C=O) groups excluding carboxylic acids is 1. The Labute approximate surface area is 437 Å². The minimum atomic E-state index is -2.81. The lowest BCUT2D eigenvalue weighted by Gasteiger charge is -2.18. The number of hydrogen-bond acceptors (Lipinski definition) is 6. The molecule has 0 spiro atoms. The van der Waals surface area contributed by atoms with Crippen molar-refractivity contribution in [2.24, 2.45) is 0 Å². The third-order valence-corrected chi connectivity index (χ3v) is 15.9. The summed E-state index contributed by atoms with van der Waals surface area (Å²) in [5.41, 5.74) is 16.2. The Hall–Kier alpha value is -8.48. The molecule has 7 aromatic carbocycles. The largest absolute Gasteiger partial charge is 0.935 e. The van der Waals surface area contributed by atoms with Gasteiger partial charge in [-0.1, -0.05) is 78.9 Å². The Morgan fingerprint density at radius 2 is 1.34 bits per heavy atom. The van der Waals surface area contributed by atoms with E-state index >= 15 is 8.63 Å². The standard InChI is InChI=1S/C63H48BF2N3O5.CH4O/c1-34-32-42(73-53(70)19-11-12-38-20-24-41(25-21-38)68-62(71)49-29-28-48-47-17-9-10-18-51(47)74-52-31-30-50(63(68)72)55(49)56(48)52)33-35(2)54(34)57(58-36(3)43-26-22-39-13-5-7-15-45(39)59(43)67-58)60-37(4)44-27-23-40-14-6-8-16-46(40)61(44)69(60)64(65)66;1-2/h5-10,13-18,20-21,24-25,28-33H,11-12,19,22-23,26-27H2,1-4H3;2H,1H3/p+1. The monoisotopic (exact) mass is 1010 g/mol. The van der Waals surface area contributed by atoms with Crippen LogP contribution in [0.25, 0.3) is 66.0 Å². The van der Waals surface area contributed by atoms with Crippen molar-refractivity contribution in [1.82, 2.24) is 9.55 Å². The zero-order valence-electron chi connectivity index (χ0n) is 42.9. The van der Waals surface area contributed by atoms with Crippen LogP contribution in [0.1, 0.15) is 82.0 Å². The van der Waals surface area contributed by atoms with Gasteiger partial charge in [0.15, 0.2) is 11.4 Å². The number of H-pyrrole nitrogens is 1. The molecule has 0 bridgehead atoms. The molecule has 4 heterocycles. The zero-order chi connectivity index (χ0) is 52.7. The van der Waals surface area contributed by atoms with Crippen LogP contribution in [0, 0.1) is 20.8 Å². The number of fused-ring (bicyclic) bond motifs is 8. The molecule has 0 radical (unpaired) electrons. The van der Waals surface area contributed by atoms with E-state index in [0.717, 1.165) is 115 Å². The predicted molar refractivity (Wildman–Crippen MR) is 299 cm³/mol. The molecule has 12 heteroatoms. The van der Waals surface area contributed by atoms with Gasteiger partial charge in [0, 0.05) is 68.4 Å². The number of allylic oxidation sites excluding steroid dienone is 2. The molecule has 2 aliphatic carbocycles. The van der Waals surface area contributed by atoms with Crippen LogP contribution in [0.4, 0.5) is 8.63 Å². The summed E-state index contributed by atoms with van der Waals surface area (Å²) in [7, 11) is -1.81. The van der Waals surface area contributed by atoms with Gasteiger partial charge in [-0.2, -0.15) is 0 Å². The van der Waals surface area contributed by atoms with Gasteiger partial charge >= 0.3 is 13.4 Å². The van der Waals surface area contributed by atoms with E-state index < -0.39 is 24.5 Å². The first kappa shape index (κ1) is 48.5. The van der Waals surface area contributed by atoms with Crippen molar-refractivity contribution in [2.45, 2.75) is 72.6 Å². The van der Waals surface area contributed by atoms with Gasteiger partial charge in [0.2, 0.25) is 0 Å². The van der Waals surface area contributed by atoms with E-state index in [-0.39, 0.29) is 6.42 Å². The number of benzene rings is 7. The SMILES string of the molecule is CC1=C2CCc3ccccc3C2=[N+](B(F)F)/C1=C(\c1[nH]c2c(c1C)CCc1ccccc1-2)c1c(C)cc(OC(=O)CCCc2ccc(-n3c(=O)c4ccc5oc6ccccc6c6ccc(c3=O)c4c56)cc2)cc1C.CO. The smallest absolute Gasteiger partial charge is 0.456 e. The fraction of sp³-hybridized carbons (Fsp3) is 0.188. The van der Waals surface area contributed by atoms with Crippen LogP contribution in [0.2, 0.25) is 0 Å². The molecule has 9 nitrogen and oxygen atoms in total. The highest BCUT2D eigenvalue weighted by molar-refractivity contribution is 6.37. The normalized spacial score (nSPS) is 14.5. The molecule has 3 aliphatic rings. The van der Waals surface area contributed by atoms with E-state index in [1.165, 1.54) is 20.2 Å². The molecule has 0 saturated carbocycles. The number of pyridine rings is 1. The van der Waals surface area contributed by atoms with Gasteiger partial charge in [0.1, 0.15) is 16.9 Å². The number of aromatic nitrogens is 2. The number of rotatable bonds is 9. The van der Waals surface area contributed by atoms with E-state index in [1.807, 2.05) is 106 Å². The van der Waals surface area contributed by atoms with Crippen LogP contribution in [-0.4, -0.2) is 45.3 Å². The highest BCUT2D eigenvalue weighted by Gasteiger charge is 2.51. The number of nitrogens with one attached hydrogen (secondary N) is 1. The van der Waals surface area contributed by atoms with Gasteiger partial charge in [-0.25, -0.2) is 17.7 Å². The van der Waals surface area contributed by atoms with E-state index in [4.69, 9.17) is 14.3 Å². The molecular weight excluding hydrogens is 956 g/mol. The average molecular weight is 1010 g/mol. The lowest BCUT2D eigenvalue weighted by Crippen LogP contribution is -2.31. The van der Waals surface area contributed by atoms with Crippen molar-refractivity contribution in [3.8, 4) is 22.7 Å². The number of halogens is 2. The van der Waals surface area contributed by atoms with E-state index in [9.17, 15) is 14.4 Å².